The Balaban J connectivity index is 1.66. The van der Waals surface area contributed by atoms with Crippen LogP contribution in [-0.2, 0) is 23.0 Å². The highest BCUT2D eigenvalue weighted by Crippen LogP contribution is 2.36. The monoisotopic (exact) mass is 590 g/mol. The van der Waals surface area contributed by atoms with Crippen molar-refractivity contribution in [1.29, 1.82) is 0 Å². The summed E-state index contributed by atoms with van der Waals surface area (Å²) in [4.78, 5) is 12.0. The predicted molar refractivity (Wildman–Crippen MR) is 129 cm³/mol. The van der Waals surface area contributed by atoms with Crippen LogP contribution in [0.3, 0.4) is 0 Å². The van der Waals surface area contributed by atoms with Gasteiger partial charge in [-0.3, -0.25) is 0 Å². The molecule has 0 saturated heterocycles. The topological polar surface area (TPSA) is 134 Å². The molecular formula is C20H24FIN6O4S. The molecule has 0 unspecified atom stereocenters. The number of nitrogens with zero attached hydrogens (tertiary/aromatic N) is 4. The summed E-state index contributed by atoms with van der Waals surface area (Å²) < 4.78 is 54.9. The second kappa shape index (κ2) is 8.83. The number of anilines is 1. The Hall–Kier alpha value is -2.26. The number of aromatic nitrogens is 4. The van der Waals surface area contributed by atoms with Gasteiger partial charge in [0.2, 0.25) is 16.8 Å². The zero-order valence-electron chi connectivity index (χ0n) is 18.4. The van der Waals surface area contributed by atoms with Gasteiger partial charge >= 0.3 is 6.08 Å². The Morgan fingerprint density at radius 2 is 1.91 bits per heavy atom. The number of hydrogen-bond donors (Lipinski definition) is 2. The van der Waals surface area contributed by atoms with Gasteiger partial charge in [-0.2, -0.15) is 14.4 Å². The van der Waals surface area contributed by atoms with Crippen molar-refractivity contribution in [2.45, 2.75) is 45.7 Å². The Morgan fingerprint density at radius 1 is 1.21 bits per heavy atom. The van der Waals surface area contributed by atoms with E-state index in [0.717, 1.165) is 9.13 Å². The minimum absolute atomic E-state index is 0.0695. The molecule has 0 saturated carbocycles. The number of ether oxygens (including phenoxy) is 2. The zero-order chi connectivity index (χ0) is 24.0. The van der Waals surface area contributed by atoms with Crippen LogP contribution in [0.2, 0.25) is 0 Å². The lowest BCUT2D eigenvalue weighted by Crippen LogP contribution is -2.41. The van der Waals surface area contributed by atoms with Crippen LogP contribution in [0.25, 0.3) is 11.2 Å². The lowest BCUT2D eigenvalue weighted by molar-refractivity contribution is 0.174. The van der Waals surface area contributed by atoms with Crippen molar-refractivity contribution in [3.63, 3.8) is 0 Å². The molecule has 13 heteroatoms. The molecule has 3 aromatic rings. The Bertz CT molecular complexity index is 1320. The molecule has 2 aromatic heterocycles. The molecule has 33 heavy (non-hydrogen) atoms. The maximum Gasteiger partial charge on any atom is 0.312 e. The number of benzene rings is 1. The number of rotatable bonds is 7. The Labute approximate surface area is 204 Å². The molecule has 178 valence electrons. The van der Waals surface area contributed by atoms with Crippen molar-refractivity contribution >= 4 is 49.6 Å². The fourth-order valence-electron chi connectivity index (χ4n) is 3.60. The first kappa shape index (κ1) is 23.9. The predicted octanol–water partition coefficient (Wildman–Crippen LogP) is 2.58. The first-order chi connectivity index (χ1) is 15.4. The Kier molecular flexibility index (Phi) is 6.39. The summed E-state index contributed by atoms with van der Waals surface area (Å²) in [6.45, 7) is 5.76. The third-order valence-corrected chi connectivity index (χ3v) is 7.57. The fraction of sp³-hybridized carbons (Fsp3) is 0.450. The lowest BCUT2D eigenvalue weighted by Gasteiger charge is -2.20. The third kappa shape index (κ3) is 5.46. The summed E-state index contributed by atoms with van der Waals surface area (Å²) in [5.41, 5.74) is 6.74. The second-order valence-corrected chi connectivity index (χ2v) is 11.7. The SMILES string of the molecule is CC(C)(C)NS(=O)(=O)CCCn1c(Cc2cc3c(cc2I)OCO3)nc2c(N)nc(F)nc21. The number of fused-ring (bicyclic) bond motifs is 2. The summed E-state index contributed by atoms with van der Waals surface area (Å²) in [5.74, 6) is 1.70. The molecule has 4 rings (SSSR count). The minimum Gasteiger partial charge on any atom is -0.454 e. The minimum atomic E-state index is -3.49. The molecule has 0 amide bonds. The van der Waals surface area contributed by atoms with Gasteiger partial charge < -0.3 is 19.8 Å². The van der Waals surface area contributed by atoms with Gasteiger partial charge in [-0.15, -0.1) is 0 Å². The van der Waals surface area contributed by atoms with Crippen LogP contribution >= 0.6 is 22.6 Å². The van der Waals surface area contributed by atoms with Gasteiger partial charge in [0.25, 0.3) is 0 Å². The zero-order valence-corrected chi connectivity index (χ0v) is 21.3. The molecule has 0 spiro atoms. The molecule has 3 heterocycles. The largest absolute Gasteiger partial charge is 0.454 e. The van der Waals surface area contributed by atoms with E-state index >= 15 is 0 Å². The van der Waals surface area contributed by atoms with Crippen molar-refractivity contribution < 1.29 is 22.3 Å². The van der Waals surface area contributed by atoms with Gasteiger partial charge in [0.15, 0.2) is 28.5 Å². The number of nitrogens with two attached hydrogens (primary N) is 1. The molecular weight excluding hydrogens is 566 g/mol. The number of nitrogens with one attached hydrogen (secondary N) is 1. The molecule has 0 bridgehead atoms. The molecule has 1 aliphatic heterocycles. The first-order valence-corrected chi connectivity index (χ1v) is 12.9. The number of sulfonamides is 1. The maximum absolute atomic E-state index is 13.9. The van der Waals surface area contributed by atoms with E-state index in [0.29, 0.717) is 23.7 Å². The highest BCUT2D eigenvalue weighted by molar-refractivity contribution is 14.1. The molecule has 1 aliphatic rings. The van der Waals surface area contributed by atoms with E-state index in [-0.39, 0.29) is 42.5 Å². The van der Waals surface area contributed by atoms with Crippen molar-refractivity contribution in [3.05, 3.63) is 33.2 Å². The summed E-state index contributed by atoms with van der Waals surface area (Å²) in [7, 11) is -3.49. The van der Waals surface area contributed by atoms with Crippen LogP contribution in [-0.4, -0.2) is 46.0 Å². The van der Waals surface area contributed by atoms with Crippen molar-refractivity contribution in [2.24, 2.45) is 0 Å². The van der Waals surface area contributed by atoms with E-state index < -0.39 is 21.6 Å². The number of hydrogen-bond acceptors (Lipinski definition) is 8. The highest BCUT2D eigenvalue weighted by atomic mass is 127. The molecule has 0 radical (unpaired) electrons. The standard InChI is InChI=1S/C20H24FIN6O4S/c1-20(2,3)27-33(29,30)6-4-5-28-15(24-16-17(23)25-19(21)26-18(16)28)8-11-7-13-14(9-12(11)22)32-10-31-13/h7,9,27H,4-6,8,10H2,1-3H3,(H2,23,25,26). The van der Waals surface area contributed by atoms with Crippen LogP contribution < -0.4 is 19.9 Å². The first-order valence-electron chi connectivity index (χ1n) is 10.2. The quantitative estimate of drug-likeness (QED) is 0.317. The van der Waals surface area contributed by atoms with Crippen LogP contribution in [0.15, 0.2) is 12.1 Å². The number of imidazole rings is 1. The van der Waals surface area contributed by atoms with Gasteiger partial charge in [-0.25, -0.2) is 18.1 Å². The van der Waals surface area contributed by atoms with E-state index in [1.807, 2.05) is 12.1 Å². The van der Waals surface area contributed by atoms with E-state index in [4.69, 9.17) is 15.2 Å². The molecule has 10 nitrogen and oxygen atoms in total. The smallest absolute Gasteiger partial charge is 0.312 e. The van der Waals surface area contributed by atoms with Gasteiger partial charge in [-0.1, -0.05) is 0 Å². The van der Waals surface area contributed by atoms with Crippen molar-refractivity contribution in [3.8, 4) is 11.5 Å². The second-order valence-electron chi connectivity index (χ2n) is 8.73. The summed E-state index contributed by atoms with van der Waals surface area (Å²) in [6.07, 6.45) is -0.320. The Morgan fingerprint density at radius 3 is 2.61 bits per heavy atom. The molecule has 0 aliphatic carbocycles. The average Bonchev–Trinajstić information content (AvgIpc) is 3.25. The van der Waals surface area contributed by atoms with Crippen LogP contribution in [0.5, 0.6) is 11.5 Å². The van der Waals surface area contributed by atoms with Crippen LogP contribution in [0.4, 0.5) is 10.2 Å². The molecule has 3 N–H and O–H groups in total. The van der Waals surface area contributed by atoms with Crippen molar-refractivity contribution in [2.75, 3.05) is 18.3 Å². The van der Waals surface area contributed by atoms with Gasteiger partial charge in [0.05, 0.1) is 5.75 Å². The van der Waals surface area contributed by atoms with Crippen LogP contribution in [0, 0.1) is 9.65 Å². The van der Waals surface area contributed by atoms with Crippen molar-refractivity contribution in [1.82, 2.24) is 24.2 Å². The van der Waals surface area contributed by atoms with Gasteiger partial charge in [0, 0.05) is 22.1 Å². The normalized spacial score (nSPS) is 13.7. The highest BCUT2D eigenvalue weighted by Gasteiger charge is 2.23. The van der Waals surface area contributed by atoms with E-state index in [9.17, 15) is 12.8 Å². The lowest BCUT2D eigenvalue weighted by atomic mass is 10.1. The molecule has 1 aromatic carbocycles. The average molecular weight is 590 g/mol. The fourth-order valence-corrected chi connectivity index (χ4v) is 5.78. The maximum atomic E-state index is 13.9. The summed E-state index contributed by atoms with van der Waals surface area (Å²) in [5, 5.41) is 0. The van der Waals surface area contributed by atoms with E-state index in [2.05, 4.69) is 42.3 Å². The summed E-state index contributed by atoms with van der Waals surface area (Å²) in [6, 6.07) is 3.75. The van der Waals surface area contributed by atoms with Gasteiger partial charge in [-0.05, 0) is 67.5 Å². The van der Waals surface area contributed by atoms with E-state index in [1.165, 1.54) is 0 Å². The number of nitrogen functional groups attached to an aromatic ring is 1. The number of aryl methyl sites for hydroxylation is 1. The molecule has 0 atom stereocenters. The summed E-state index contributed by atoms with van der Waals surface area (Å²) >= 11 is 2.20. The van der Waals surface area contributed by atoms with E-state index in [1.54, 1.807) is 25.3 Å². The van der Waals surface area contributed by atoms with Gasteiger partial charge in [0.1, 0.15) is 5.82 Å². The molecule has 0 fully saturated rings. The number of halogens is 2. The third-order valence-electron chi connectivity index (χ3n) is 4.82. The van der Waals surface area contributed by atoms with Crippen LogP contribution in [0.1, 0.15) is 38.6 Å².